The summed E-state index contributed by atoms with van der Waals surface area (Å²) in [5, 5.41) is 0. The van der Waals surface area contributed by atoms with Crippen molar-refractivity contribution in [3.8, 4) is 0 Å². The van der Waals surface area contributed by atoms with Crippen LogP contribution in [0, 0.1) is 17.8 Å². The zero-order chi connectivity index (χ0) is 29.0. The Bertz CT molecular complexity index is 849. The highest BCUT2D eigenvalue weighted by Crippen LogP contribution is 2.19. The van der Waals surface area contributed by atoms with Gasteiger partial charge >= 0.3 is 17.9 Å². The summed E-state index contributed by atoms with van der Waals surface area (Å²) in [5.74, 6) is -0.350. The highest BCUT2D eigenvalue weighted by atomic mass is 16.5. The first-order chi connectivity index (χ1) is 18.7. The highest BCUT2D eigenvalue weighted by Gasteiger charge is 2.23. The molecule has 0 aromatic heterocycles. The van der Waals surface area contributed by atoms with Crippen LogP contribution in [-0.2, 0) is 14.2 Å². The van der Waals surface area contributed by atoms with E-state index in [-0.39, 0.29) is 35.8 Å². The van der Waals surface area contributed by atoms with Gasteiger partial charge in [0.05, 0.1) is 36.5 Å². The molecular formula is C33H54O6. The second-order valence-electron chi connectivity index (χ2n) is 11.3. The Labute approximate surface area is 237 Å². The third kappa shape index (κ3) is 14.5. The number of carbonyl (C=O) groups excluding carboxylic acids is 3. The minimum Gasteiger partial charge on any atom is -0.462 e. The number of unbranched alkanes of at least 4 members (excludes halogenated alkanes) is 4. The number of rotatable bonds is 21. The second-order valence-corrected chi connectivity index (χ2v) is 11.3. The van der Waals surface area contributed by atoms with Crippen molar-refractivity contribution < 1.29 is 28.6 Å². The van der Waals surface area contributed by atoms with Crippen molar-refractivity contribution in [2.24, 2.45) is 17.8 Å². The van der Waals surface area contributed by atoms with Gasteiger partial charge in [0, 0.05) is 0 Å². The molecule has 0 N–H and O–H groups in total. The molecule has 0 saturated carbocycles. The van der Waals surface area contributed by atoms with E-state index in [0.717, 1.165) is 77.0 Å². The molecule has 0 fully saturated rings. The number of carbonyl (C=O) groups is 3. The number of hydrogen-bond acceptors (Lipinski definition) is 6. The molecule has 0 saturated heterocycles. The predicted octanol–water partition coefficient (Wildman–Crippen LogP) is 8.81. The Hall–Kier alpha value is -2.37. The van der Waals surface area contributed by atoms with Crippen LogP contribution >= 0.6 is 0 Å². The van der Waals surface area contributed by atoms with Crippen molar-refractivity contribution in [3.05, 3.63) is 34.9 Å². The molecule has 3 unspecified atom stereocenters. The molecular weight excluding hydrogens is 492 g/mol. The number of ether oxygens (including phenoxy) is 3. The van der Waals surface area contributed by atoms with Gasteiger partial charge in [0.25, 0.3) is 0 Å². The molecule has 0 heterocycles. The van der Waals surface area contributed by atoms with E-state index in [9.17, 15) is 14.4 Å². The number of benzene rings is 1. The van der Waals surface area contributed by atoms with Crippen LogP contribution in [0.2, 0.25) is 0 Å². The molecule has 0 amide bonds. The fourth-order valence-electron chi connectivity index (χ4n) is 4.31. The first-order valence-electron chi connectivity index (χ1n) is 15.4. The lowest BCUT2D eigenvalue weighted by Crippen LogP contribution is -2.18. The Morgan fingerprint density at radius 2 is 1.23 bits per heavy atom. The maximum atomic E-state index is 13.0. The first kappa shape index (κ1) is 34.7. The summed E-state index contributed by atoms with van der Waals surface area (Å²) in [6.07, 6.45) is 12.5. The lowest BCUT2D eigenvalue weighted by atomic mass is 10.0. The van der Waals surface area contributed by atoms with Gasteiger partial charge in [-0.1, -0.05) is 92.9 Å². The first-order valence-corrected chi connectivity index (χ1v) is 15.4. The molecule has 0 aliphatic heterocycles. The van der Waals surface area contributed by atoms with Gasteiger partial charge in [0.15, 0.2) is 0 Å². The average Bonchev–Trinajstić information content (AvgIpc) is 2.93. The Morgan fingerprint density at radius 1 is 0.615 bits per heavy atom. The SMILES string of the molecule is CCCCCC(C)COC(=O)c1ccc(C(=O)OCCC(C)CCCC)c(C(=O)OCCCCC(C)CC)c1. The lowest BCUT2D eigenvalue weighted by Gasteiger charge is -2.14. The molecule has 0 radical (unpaired) electrons. The van der Waals surface area contributed by atoms with Gasteiger partial charge in [-0.25, -0.2) is 14.4 Å². The molecule has 39 heavy (non-hydrogen) atoms. The molecule has 0 aliphatic rings. The smallest absolute Gasteiger partial charge is 0.339 e. The molecule has 0 aliphatic carbocycles. The van der Waals surface area contributed by atoms with E-state index in [1.807, 2.05) is 0 Å². The third-order valence-electron chi connectivity index (χ3n) is 7.41. The summed E-state index contributed by atoms with van der Waals surface area (Å²) < 4.78 is 16.5. The van der Waals surface area contributed by atoms with E-state index in [0.29, 0.717) is 18.4 Å². The number of hydrogen-bond donors (Lipinski definition) is 0. The van der Waals surface area contributed by atoms with Gasteiger partial charge in [-0.3, -0.25) is 0 Å². The second kappa shape index (κ2) is 20.5. The van der Waals surface area contributed by atoms with Crippen molar-refractivity contribution >= 4 is 17.9 Å². The van der Waals surface area contributed by atoms with Gasteiger partial charge in [0.2, 0.25) is 0 Å². The van der Waals surface area contributed by atoms with Gasteiger partial charge in [0.1, 0.15) is 0 Å². The fourth-order valence-corrected chi connectivity index (χ4v) is 4.31. The Balaban J connectivity index is 2.89. The minimum atomic E-state index is -0.621. The predicted molar refractivity (Wildman–Crippen MR) is 157 cm³/mol. The largest absolute Gasteiger partial charge is 0.462 e. The highest BCUT2D eigenvalue weighted by molar-refractivity contribution is 6.05. The Morgan fingerprint density at radius 3 is 1.92 bits per heavy atom. The van der Waals surface area contributed by atoms with E-state index in [4.69, 9.17) is 14.2 Å². The molecule has 222 valence electrons. The zero-order valence-electron chi connectivity index (χ0n) is 25.5. The molecule has 3 atom stereocenters. The summed E-state index contributed by atoms with van der Waals surface area (Å²) >= 11 is 0. The van der Waals surface area contributed by atoms with Gasteiger partial charge in [-0.2, -0.15) is 0 Å². The molecule has 6 heteroatoms. The van der Waals surface area contributed by atoms with Crippen LogP contribution in [-0.4, -0.2) is 37.7 Å². The summed E-state index contributed by atoms with van der Waals surface area (Å²) in [6.45, 7) is 13.8. The minimum absolute atomic E-state index is 0.0476. The summed E-state index contributed by atoms with van der Waals surface area (Å²) in [4.78, 5) is 38.7. The normalized spacial score (nSPS) is 13.4. The van der Waals surface area contributed by atoms with Gasteiger partial charge < -0.3 is 14.2 Å². The van der Waals surface area contributed by atoms with Crippen LogP contribution in [0.1, 0.15) is 150 Å². The van der Waals surface area contributed by atoms with Crippen molar-refractivity contribution in [3.63, 3.8) is 0 Å². The summed E-state index contributed by atoms with van der Waals surface area (Å²) in [6, 6.07) is 4.41. The van der Waals surface area contributed by atoms with E-state index >= 15 is 0 Å². The monoisotopic (exact) mass is 546 g/mol. The lowest BCUT2D eigenvalue weighted by molar-refractivity contribution is 0.0430. The van der Waals surface area contributed by atoms with Crippen LogP contribution in [0.4, 0.5) is 0 Å². The van der Waals surface area contributed by atoms with E-state index in [1.54, 1.807) is 0 Å². The summed E-state index contributed by atoms with van der Waals surface area (Å²) in [5.41, 5.74) is 0.390. The van der Waals surface area contributed by atoms with Crippen LogP contribution < -0.4 is 0 Å². The van der Waals surface area contributed by atoms with Crippen molar-refractivity contribution in [1.29, 1.82) is 0 Å². The van der Waals surface area contributed by atoms with Gasteiger partial charge in [-0.05, 0) is 61.6 Å². The molecule has 0 bridgehead atoms. The average molecular weight is 547 g/mol. The maximum absolute atomic E-state index is 13.0. The molecule has 1 aromatic rings. The van der Waals surface area contributed by atoms with Crippen molar-refractivity contribution in [2.75, 3.05) is 19.8 Å². The molecule has 1 aromatic carbocycles. The van der Waals surface area contributed by atoms with E-state index < -0.39 is 17.9 Å². The van der Waals surface area contributed by atoms with E-state index in [2.05, 4.69) is 41.5 Å². The van der Waals surface area contributed by atoms with Crippen LogP contribution in [0.25, 0.3) is 0 Å². The van der Waals surface area contributed by atoms with Gasteiger partial charge in [-0.15, -0.1) is 0 Å². The molecule has 6 nitrogen and oxygen atoms in total. The Kier molecular flexibility index (Phi) is 18.2. The quantitative estimate of drug-likeness (QED) is 0.0871. The third-order valence-corrected chi connectivity index (χ3v) is 7.41. The summed E-state index contributed by atoms with van der Waals surface area (Å²) in [7, 11) is 0. The van der Waals surface area contributed by atoms with Crippen LogP contribution in [0.3, 0.4) is 0 Å². The van der Waals surface area contributed by atoms with E-state index in [1.165, 1.54) is 18.2 Å². The maximum Gasteiger partial charge on any atom is 0.339 e. The number of esters is 3. The fraction of sp³-hybridized carbons (Fsp3) is 0.727. The van der Waals surface area contributed by atoms with Crippen molar-refractivity contribution in [2.45, 2.75) is 119 Å². The van der Waals surface area contributed by atoms with Crippen LogP contribution in [0.15, 0.2) is 18.2 Å². The van der Waals surface area contributed by atoms with Crippen molar-refractivity contribution in [1.82, 2.24) is 0 Å². The molecule has 0 spiro atoms. The standard InChI is InChI=1S/C33H54O6/c1-7-10-12-17-27(6)24-39-31(34)28-18-19-29(32(35)38-22-20-26(5)15-11-8-2)30(23-28)33(36)37-21-14-13-16-25(4)9-3/h18-19,23,25-27H,7-17,20-22,24H2,1-6H3. The van der Waals surface area contributed by atoms with Crippen LogP contribution in [0.5, 0.6) is 0 Å². The molecule has 1 rings (SSSR count). The topological polar surface area (TPSA) is 78.9 Å². The zero-order valence-corrected chi connectivity index (χ0v) is 25.5.